The zero-order chi connectivity index (χ0) is 15.3. The van der Waals surface area contributed by atoms with E-state index < -0.39 is 10.0 Å². The van der Waals surface area contributed by atoms with E-state index in [1.807, 2.05) is 6.92 Å². The highest BCUT2D eigenvalue weighted by Gasteiger charge is 2.21. The molecular weight excluding hydrogens is 292 g/mol. The Labute approximate surface area is 126 Å². The van der Waals surface area contributed by atoms with E-state index in [2.05, 4.69) is 15.1 Å². The molecule has 0 amide bonds. The fourth-order valence-corrected chi connectivity index (χ4v) is 3.19. The van der Waals surface area contributed by atoms with Crippen molar-refractivity contribution in [1.29, 1.82) is 0 Å². The topological polar surface area (TPSA) is 85.2 Å². The summed E-state index contributed by atoms with van der Waals surface area (Å²) in [5.41, 5.74) is 0. The standard InChI is InChI=1S/C13H24N4O3S/c1-11(5-8-20-2)16-21(18,19)13-9-15-17(10-13)7-6-14-12-3-4-12/h9-12,14,16H,3-8H2,1-2H3. The van der Waals surface area contributed by atoms with Crippen LogP contribution >= 0.6 is 0 Å². The number of ether oxygens (including phenoxy) is 1. The van der Waals surface area contributed by atoms with E-state index in [9.17, 15) is 8.42 Å². The van der Waals surface area contributed by atoms with Gasteiger partial charge >= 0.3 is 0 Å². The van der Waals surface area contributed by atoms with Gasteiger partial charge in [0.05, 0.1) is 12.7 Å². The molecule has 0 aliphatic heterocycles. The molecule has 2 rings (SSSR count). The van der Waals surface area contributed by atoms with Crippen LogP contribution in [0.25, 0.3) is 0 Å². The summed E-state index contributed by atoms with van der Waals surface area (Å²) < 4.78 is 33.6. The van der Waals surface area contributed by atoms with Crippen molar-refractivity contribution in [1.82, 2.24) is 19.8 Å². The van der Waals surface area contributed by atoms with Crippen molar-refractivity contribution in [2.24, 2.45) is 0 Å². The summed E-state index contributed by atoms with van der Waals surface area (Å²) in [4.78, 5) is 0.207. The van der Waals surface area contributed by atoms with Gasteiger partial charge in [0, 0.05) is 38.5 Å². The third-order valence-electron chi connectivity index (χ3n) is 3.38. The molecule has 1 aromatic heterocycles. The molecule has 0 bridgehead atoms. The lowest BCUT2D eigenvalue weighted by atomic mass is 10.3. The van der Waals surface area contributed by atoms with Crippen LogP contribution in [-0.2, 0) is 21.3 Å². The molecule has 0 spiro atoms. The summed E-state index contributed by atoms with van der Waals surface area (Å²) in [7, 11) is -1.91. The first-order valence-electron chi connectivity index (χ1n) is 7.28. The van der Waals surface area contributed by atoms with Gasteiger partial charge in [-0.3, -0.25) is 4.68 Å². The first-order valence-corrected chi connectivity index (χ1v) is 8.76. The molecule has 1 unspecified atom stereocenters. The maximum absolute atomic E-state index is 12.2. The number of rotatable bonds is 10. The minimum atomic E-state index is -3.51. The SMILES string of the molecule is COCCC(C)NS(=O)(=O)c1cnn(CCNC2CC2)c1. The van der Waals surface area contributed by atoms with Gasteiger partial charge in [0.1, 0.15) is 4.90 Å². The second-order valence-electron chi connectivity index (χ2n) is 5.47. The number of aromatic nitrogens is 2. The lowest BCUT2D eigenvalue weighted by Crippen LogP contribution is -2.33. The average molecular weight is 316 g/mol. The monoisotopic (exact) mass is 316 g/mol. The number of nitrogens with zero attached hydrogens (tertiary/aromatic N) is 2. The number of hydrogen-bond acceptors (Lipinski definition) is 5. The summed E-state index contributed by atoms with van der Waals surface area (Å²) in [5.74, 6) is 0. The second kappa shape index (κ2) is 7.35. The molecular formula is C13H24N4O3S. The van der Waals surface area contributed by atoms with Crippen LogP contribution in [0.15, 0.2) is 17.3 Å². The van der Waals surface area contributed by atoms with Gasteiger partial charge in [0.25, 0.3) is 0 Å². The Balaban J connectivity index is 1.85. The molecule has 7 nitrogen and oxygen atoms in total. The minimum absolute atomic E-state index is 0.171. The van der Waals surface area contributed by atoms with Crippen molar-refractivity contribution in [3.05, 3.63) is 12.4 Å². The molecule has 1 aliphatic rings. The molecule has 0 saturated heterocycles. The van der Waals surface area contributed by atoms with Crippen LogP contribution in [0, 0.1) is 0 Å². The Morgan fingerprint density at radius 3 is 2.95 bits per heavy atom. The number of nitrogens with one attached hydrogen (secondary N) is 2. The van der Waals surface area contributed by atoms with Crippen LogP contribution in [0.3, 0.4) is 0 Å². The van der Waals surface area contributed by atoms with E-state index >= 15 is 0 Å². The van der Waals surface area contributed by atoms with Crippen molar-refractivity contribution >= 4 is 10.0 Å². The number of sulfonamides is 1. The van der Waals surface area contributed by atoms with Gasteiger partial charge in [-0.1, -0.05) is 0 Å². The van der Waals surface area contributed by atoms with Crippen LogP contribution in [0.4, 0.5) is 0 Å². The zero-order valence-corrected chi connectivity index (χ0v) is 13.4. The van der Waals surface area contributed by atoms with Crippen LogP contribution in [0.1, 0.15) is 26.2 Å². The maximum Gasteiger partial charge on any atom is 0.243 e. The highest BCUT2D eigenvalue weighted by molar-refractivity contribution is 7.89. The van der Waals surface area contributed by atoms with Crippen molar-refractivity contribution < 1.29 is 13.2 Å². The molecule has 1 heterocycles. The molecule has 1 atom stereocenters. The molecule has 1 fully saturated rings. The van der Waals surface area contributed by atoms with Crippen molar-refractivity contribution in [2.75, 3.05) is 20.3 Å². The van der Waals surface area contributed by atoms with Gasteiger partial charge in [0.15, 0.2) is 0 Å². The minimum Gasteiger partial charge on any atom is -0.385 e. The summed E-state index contributed by atoms with van der Waals surface area (Å²) in [5, 5.41) is 7.47. The molecule has 1 aromatic rings. The smallest absolute Gasteiger partial charge is 0.243 e. The fraction of sp³-hybridized carbons (Fsp3) is 0.769. The molecule has 0 aromatic carbocycles. The Kier molecular flexibility index (Phi) is 5.74. The van der Waals surface area contributed by atoms with E-state index in [0.717, 1.165) is 6.54 Å². The van der Waals surface area contributed by atoms with E-state index in [4.69, 9.17) is 4.74 Å². The van der Waals surface area contributed by atoms with Crippen molar-refractivity contribution in [3.8, 4) is 0 Å². The summed E-state index contributed by atoms with van der Waals surface area (Å²) in [6.07, 6.45) is 6.07. The highest BCUT2D eigenvalue weighted by Crippen LogP contribution is 2.18. The lowest BCUT2D eigenvalue weighted by Gasteiger charge is -2.12. The zero-order valence-electron chi connectivity index (χ0n) is 12.6. The molecule has 8 heteroatoms. The first-order chi connectivity index (χ1) is 10.0. The van der Waals surface area contributed by atoms with E-state index in [1.54, 1.807) is 18.0 Å². The Morgan fingerprint density at radius 2 is 2.29 bits per heavy atom. The third kappa shape index (κ3) is 5.39. The Hall–Kier alpha value is -0.960. The normalized spacial score (nSPS) is 17.0. The van der Waals surface area contributed by atoms with Crippen molar-refractivity contribution in [3.63, 3.8) is 0 Å². The Bertz CT molecular complexity index is 539. The number of methoxy groups -OCH3 is 1. The van der Waals surface area contributed by atoms with Gasteiger partial charge < -0.3 is 10.1 Å². The number of hydrogen-bond donors (Lipinski definition) is 2. The van der Waals surface area contributed by atoms with E-state index in [-0.39, 0.29) is 10.9 Å². The van der Waals surface area contributed by atoms with Crippen molar-refractivity contribution in [2.45, 2.75) is 49.7 Å². The first kappa shape index (κ1) is 16.4. The molecule has 1 aliphatic carbocycles. The summed E-state index contributed by atoms with van der Waals surface area (Å²) >= 11 is 0. The molecule has 120 valence electrons. The molecule has 1 saturated carbocycles. The van der Waals surface area contributed by atoms with Gasteiger partial charge in [-0.15, -0.1) is 0 Å². The summed E-state index contributed by atoms with van der Waals surface area (Å²) in [6, 6.07) is 0.474. The molecule has 0 radical (unpaired) electrons. The van der Waals surface area contributed by atoms with Gasteiger partial charge in [-0.2, -0.15) is 5.10 Å². The maximum atomic E-state index is 12.2. The van der Waals surface area contributed by atoms with Gasteiger partial charge in [-0.25, -0.2) is 13.1 Å². The van der Waals surface area contributed by atoms with Gasteiger partial charge in [-0.05, 0) is 26.2 Å². The quantitative estimate of drug-likeness (QED) is 0.650. The lowest BCUT2D eigenvalue weighted by molar-refractivity contribution is 0.188. The predicted octanol–water partition coefficient (Wildman–Crippen LogP) is 0.338. The third-order valence-corrected chi connectivity index (χ3v) is 4.93. The second-order valence-corrected chi connectivity index (χ2v) is 7.19. The van der Waals surface area contributed by atoms with Crippen LogP contribution < -0.4 is 10.0 Å². The predicted molar refractivity (Wildman–Crippen MR) is 79.5 cm³/mol. The van der Waals surface area contributed by atoms with Crippen LogP contribution in [0.5, 0.6) is 0 Å². The molecule has 2 N–H and O–H groups in total. The van der Waals surface area contributed by atoms with E-state index in [1.165, 1.54) is 19.0 Å². The molecule has 21 heavy (non-hydrogen) atoms. The fourth-order valence-electron chi connectivity index (χ4n) is 1.96. The van der Waals surface area contributed by atoms with E-state index in [0.29, 0.717) is 25.6 Å². The highest BCUT2D eigenvalue weighted by atomic mass is 32.2. The average Bonchev–Trinajstić information content (AvgIpc) is 3.11. The van der Waals surface area contributed by atoms with Crippen LogP contribution in [0.2, 0.25) is 0 Å². The largest absolute Gasteiger partial charge is 0.385 e. The van der Waals surface area contributed by atoms with Crippen LogP contribution in [-0.4, -0.2) is 50.5 Å². The van der Waals surface area contributed by atoms with Gasteiger partial charge in [0.2, 0.25) is 10.0 Å². The Morgan fingerprint density at radius 1 is 1.52 bits per heavy atom. The summed E-state index contributed by atoms with van der Waals surface area (Å²) in [6.45, 7) is 3.82.